The van der Waals surface area contributed by atoms with Crippen LogP contribution in [0.15, 0.2) is 0 Å². The van der Waals surface area contributed by atoms with E-state index in [0.717, 1.165) is 19.3 Å². The molecule has 6 nitrogen and oxygen atoms in total. The predicted octanol–water partition coefficient (Wildman–Crippen LogP) is 1.70. The van der Waals surface area contributed by atoms with Crippen molar-refractivity contribution in [2.45, 2.75) is 51.7 Å². The fraction of sp³-hybridized carbons (Fsp3) is 0.857. The van der Waals surface area contributed by atoms with Gasteiger partial charge >= 0.3 is 12.0 Å². The zero-order chi connectivity index (χ0) is 15.1. The van der Waals surface area contributed by atoms with Gasteiger partial charge in [0.15, 0.2) is 0 Å². The molecule has 116 valence electrons. The van der Waals surface area contributed by atoms with Gasteiger partial charge in [-0.1, -0.05) is 12.8 Å². The first-order valence-corrected chi connectivity index (χ1v) is 7.28. The van der Waals surface area contributed by atoms with E-state index in [0.29, 0.717) is 19.6 Å². The number of nitrogens with zero attached hydrogens (tertiary/aromatic N) is 1. The van der Waals surface area contributed by atoms with E-state index in [4.69, 9.17) is 4.74 Å². The lowest BCUT2D eigenvalue weighted by atomic mass is 9.84. The van der Waals surface area contributed by atoms with Gasteiger partial charge in [-0.3, -0.25) is 4.79 Å². The summed E-state index contributed by atoms with van der Waals surface area (Å²) < 4.78 is 5.40. The molecule has 1 fully saturated rings. The van der Waals surface area contributed by atoms with Crippen LogP contribution in [0, 0.1) is 5.92 Å². The van der Waals surface area contributed by atoms with Crippen LogP contribution in [0.1, 0.15) is 39.5 Å². The Kier molecular flexibility index (Phi) is 6.78. The second-order valence-electron chi connectivity index (χ2n) is 5.63. The standard InChI is InChI=1S/C14H26N2O4/c1-10(2)20-9-8-16(3)14(19)15-12-7-5-4-6-11(12)13(17)18/h10-12H,4-9H2,1-3H3,(H,15,19)(H,17,18). The van der Waals surface area contributed by atoms with Gasteiger partial charge < -0.3 is 20.1 Å². The first-order valence-electron chi connectivity index (χ1n) is 7.28. The molecule has 20 heavy (non-hydrogen) atoms. The summed E-state index contributed by atoms with van der Waals surface area (Å²) in [6.07, 6.45) is 3.40. The van der Waals surface area contributed by atoms with Crippen molar-refractivity contribution in [2.24, 2.45) is 5.92 Å². The minimum Gasteiger partial charge on any atom is -0.481 e. The summed E-state index contributed by atoms with van der Waals surface area (Å²) >= 11 is 0. The van der Waals surface area contributed by atoms with Crippen LogP contribution in [0.3, 0.4) is 0 Å². The summed E-state index contributed by atoms with van der Waals surface area (Å²) in [6.45, 7) is 4.86. The predicted molar refractivity (Wildman–Crippen MR) is 75.6 cm³/mol. The highest BCUT2D eigenvalue weighted by Gasteiger charge is 2.32. The van der Waals surface area contributed by atoms with Gasteiger partial charge in [-0.2, -0.15) is 0 Å². The molecule has 1 aliphatic carbocycles. The maximum atomic E-state index is 12.0. The van der Waals surface area contributed by atoms with Crippen molar-refractivity contribution in [3.05, 3.63) is 0 Å². The minimum atomic E-state index is -0.819. The Morgan fingerprint density at radius 3 is 2.60 bits per heavy atom. The fourth-order valence-electron chi connectivity index (χ4n) is 2.39. The van der Waals surface area contributed by atoms with Gasteiger partial charge in [0.1, 0.15) is 0 Å². The number of carbonyl (C=O) groups is 2. The number of likely N-dealkylation sites (N-methyl/N-ethyl adjacent to an activating group) is 1. The molecule has 0 aromatic rings. The Morgan fingerprint density at radius 1 is 1.35 bits per heavy atom. The summed E-state index contributed by atoms with van der Waals surface area (Å²) in [4.78, 5) is 24.7. The third kappa shape index (κ3) is 5.36. The average Bonchev–Trinajstić information content (AvgIpc) is 2.38. The maximum absolute atomic E-state index is 12.0. The second-order valence-corrected chi connectivity index (χ2v) is 5.63. The number of aliphatic carboxylic acids is 1. The smallest absolute Gasteiger partial charge is 0.317 e. The lowest BCUT2D eigenvalue weighted by Crippen LogP contribution is -2.49. The van der Waals surface area contributed by atoms with E-state index in [1.807, 2.05) is 13.8 Å². The number of carboxylic acids is 1. The van der Waals surface area contributed by atoms with Crippen molar-refractivity contribution in [1.29, 1.82) is 0 Å². The molecule has 0 spiro atoms. The highest BCUT2D eigenvalue weighted by atomic mass is 16.5. The second kappa shape index (κ2) is 8.09. The summed E-state index contributed by atoms with van der Waals surface area (Å²) in [5, 5.41) is 12.0. The molecule has 2 atom stereocenters. The molecule has 2 unspecified atom stereocenters. The van der Waals surface area contributed by atoms with Crippen molar-refractivity contribution in [2.75, 3.05) is 20.2 Å². The van der Waals surface area contributed by atoms with Gasteiger partial charge in [0.2, 0.25) is 0 Å². The highest BCUT2D eigenvalue weighted by molar-refractivity contribution is 5.76. The van der Waals surface area contributed by atoms with Crippen molar-refractivity contribution >= 4 is 12.0 Å². The van der Waals surface area contributed by atoms with Crippen molar-refractivity contribution in [3.8, 4) is 0 Å². The molecule has 1 aliphatic rings. The van der Waals surface area contributed by atoms with Gasteiger partial charge in [-0.25, -0.2) is 4.79 Å². The number of amides is 2. The van der Waals surface area contributed by atoms with Crippen LogP contribution in [0.4, 0.5) is 4.79 Å². The van der Waals surface area contributed by atoms with Crippen LogP contribution in [-0.2, 0) is 9.53 Å². The molecule has 0 aliphatic heterocycles. The molecule has 6 heteroatoms. The molecular weight excluding hydrogens is 260 g/mol. The molecule has 0 aromatic heterocycles. The van der Waals surface area contributed by atoms with Crippen LogP contribution in [0.2, 0.25) is 0 Å². The number of hydrogen-bond acceptors (Lipinski definition) is 3. The zero-order valence-corrected chi connectivity index (χ0v) is 12.6. The summed E-state index contributed by atoms with van der Waals surface area (Å²) in [5.41, 5.74) is 0. The van der Waals surface area contributed by atoms with E-state index in [2.05, 4.69) is 5.32 Å². The molecule has 0 heterocycles. The summed E-state index contributed by atoms with van der Waals surface area (Å²) in [7, 11) is 1.69. The Bertz CT molecular complexity index is 333. The quantitative estimate of drug-likeness (QED) is 0.779. The lowest BCUT2D eigenvalue weighted by molar-refractivity contribution is -0.143. The Hall–Kier alpha value is -1.30. The largest absolute Gasteiger partial charge is 0.481 e. The van der Waals surface area contributed by atoms with Crippen LogP contribution < -0.4 is 5.32 Å². The van der Waals surface area contributed by atoms with Crippen molar-refractivity contribution < 1.29 is 19.4 Å². The molecule has 1 saturated carbocycles. The molecule has 0 aromatic carbocycles. The molecule has 0 radical (unpaired) electrons. The Labute approximate surface area is 120 Å². The van der Waals surface area contributed by atoms with Crippen LogP contribution in [0.25, 0.3) is 0 Å². The van der Waals surface area contributed by atoms with Crippen LogP contribution in [0.5, 0.6) is 0 Å². The molecule has 2 N–H and O–H groups in total. The molecule has 0 saturated heterocycles. The fourth-order valence-corrected chi connectivity index (χ4v) is 2.39. The van der Waals surface area contributed by atoms with Crippen LogP contribution in [-0.4, -0.2) is 54.4 Å². The number of rotatable bonds is 6. The van der Waals surface area contributed by atoms with Gasteiger partial charge in [0.05, 0.1) is 18.6 Å². The van der Waals surface area contributed by atoms with Gasteiger partial charge in [0, 0.05) is 19.6 Å². The lowest BCUT2D eigenvalue weighted by Gasteiger charge is -2.31. The molecular formula is C14H26N2O4. The molecule has 2 amide bonds. The van der Waals surface area contributed by atoms with E-state index in [1.54, 1.807) is 7.05 Å². The Morgan fingerprint density at radius 2 is 2.00 bits per heavy atom. The number of urea groups is 1. The molecule has 1 rings (SSSR count). The number of hydrogen-bond donors (Lipinski definition) is 2. The van der Waals surface area contributed by atoms with Crippen molar-refractivity contribution in [3.63, 3.8) is 0 Å². The van der Waals surface area contributed by atoms with Gasteiger partial charge in [-0.05, 0) is 26.7 Å². The first kappa shape index (κ1) is 16.8. The maximum Gasteiger partial charge on any atom is 0.317 e. The third-order valence-corrected chi connectivity index (χ3v) is 3.62. The first-order chi connectivity index (χ1) is 9.41. The molecule has 0 bridgehead atoms. The van der Waals surface area contributed by atoms with E-state index in [-0.39, 0.29) is 18.2 Å². The highest BCUT2D eigenvalue weighted by Crippen LogP contribution is 2.24. The van der Waals surface area contributed by atoms with Crippen LogP contribution >= 0.6 is 0 Å². The van der Waals surface area contributed by atoms with E-state index in [9.17, 15) is 14.7 Å². The topological polar surface area (TPSA) is 78.9 Å². The zero-order valence-electron chi connectivity index (χ0n) is 12.6. The van der Waals surface area contributed by atoms with E-state index in [1.165, 1.54) is 4.90 Å². The van der Waals surface area contributed by atoms with Gasteiger partial charge in [0.25, 0.3) is 0 Å². The van der Waals surface area contributed by atoms with E-state index >= 15 is 0 Å². The van der Waals surface area contributed by atoms with Crippen molar-refractivity contribution in [1.82, 2.24) is 10.2 Å². The monoisotopic (exact) mass is 286 g/mol. The normalized spacial score (nSPS) is 22.6. The number of ether oxygens (including phenoxy) is 1. The number of nitrogens with one attached hydrogen (secondary N) is 1. The SMILES string of the molecule is CC(C)OCCN(C)C(=O)NC1CCCCC1C(=O)O. The van der Waals surface area contributed by atoms with Gasteiger partial charge in [-0.15, -0.1) is 0 Å². The Balaban J connectivity index is 2.40. The summed E-state index contributed by atoms with van der Waals surface area (Å²) in [6, 6.07) is -0.488. The number of carboxylic acid groups (broad SMARTS) is 1. The number of carbonyl (C=O) groups excluding carboxylic acids is 1. The minimum absolute atomic E-state index is 0.140. The summed E-state index contributed by atoms with van der Waals surface area (Å²) in [5.74, 6) is -1.28. The van der Waals surface area contributed by atoms with E-state index < -0.39 is 11.9 Å². The third-order valence-electron chi connectivity index (χ3n) is 3.62. The average molecular weight is 286 g/mol.